The maximum Gasteiger partial charge on any atom is 0.221 e. The van der Waals surface area contributed by atoms with Crippen molar-refractivity contribution in [3.63, 3.8) is 0 Å². The van der Waals surface area contributed by atoms with Gasteiger partial charge in [-0.15, -0.1) is 0 Å². The van der Waals surface area contributed by atoms with E-state index in [9.17, 15) is 13.9 Å². The number of phenolic OH excluding ortho intramolecular Hbond substituents is 1. The number of aromatic nitrogens is 4. The topological polar surface area (TPSA) is 152 Å². The van der Waals surface area contributed by atoms with Crippen LogP contribution in [-0.4, -0.2) is 39.3 Å². The van der Waals surface area contributed by atoms with Gasteiger partial charge in [-0.3, -0.25) is 0 Å². The Morgan fingerprint density at radius 2 is 1.14 bits per heavy atom. The van der Waals surface area contributed by atoms with Crippen LogP contribution in [0.5, 0.6) is 23.0 Å². The summed E-state index contributed by atoms with van der Waals surface area (Å²) >= 11 is 6.48. The maximum atomic E-state index is 14.6. The average molecular weight is 818 g/mol. The molecule has 51 heavy (non-hydrogen) atoms. The van der Waals surface area contributed by atoms with Crippen molar-refractivity contribution in [3.8, 4) is 45.5 Å². The lowest BCUT2D eigenvalue weighted by Crippen LogP contribution is -2.02. The van der Waals surface area contributed by atoms with E-state index in [0.717, 1.165) is 5.56 Å². The predicted molar refractivity (Wildman–Crippen MR) is 200 cm³/mol. The van der Waals surface area contributed by atoms with E-state index in [2.05, 4.69) is 51.8 Å². The number of halogens is 4. The van der Waals surface area contributed by atoms with Gasteiger partial charge in [0.25, 0.3) is 0 Å². The lowest BCUT2D eigenvalue weighted by Gasteiger charge is -2.14. The molecule has 0 atom stereocenters. The third-order valence-corrected chi connectivity index (χ3v) is 8.61. The molecule has 0 radical (unpaired) electrons. The summed E-state index contributed by atoms with van der Waals surface area (Å²) in [5.41, 5.74) is 14.9. The Hall–Kier alpha value is -5.60. The summed E-state index contributed by atoms with van der Waals surface area (Å²) in [5, 5.41) is 11.0. The summed E-state index contributed by atoms with van der Waals surface area (Å²) in [4.78, 5) is 16.8. The zero-order valence-corrected chi connectivity index (χ0v) is 30.2. The molecule has 0 saturated carbocycles. The van der Waals surface area contributed by atoms with E-state index in [1.807, 2.05) is 30.3 Å². The summed E-state index contributed by atoms with van der Waals surface area (Å²) in [5.74, 6) is 0.381. The van der Waals surface area contributed by atoms with Crippen LogP contribution in [0.2, 0.25) is 0 Å². The highest BCUT2D eigenvalue weighted by atomic mass is 79.9. The van der Waals surface area contributed by atoms with Crippen molar-refractivity contribution < 1.29 is 28.1 Å². The first-order valence-corrected chi connectivity index (χ1v) is 16.7. The van der Waals surface area contributed by atoms with E-state index < -0.39 is 11.6 Å². The van der Waals surface area contributed by atoms with Gasteiger partial charge in [0.1, 0.15) is 18.2 Å². The molecule has 7 aromatic rings. The third kappa shape index (κ3) is 7.76. The molecule has 5 N–H and O–H groups in total. The standard InChI is InChI=1S/C22H17BrFN3O2.C15H11BrFN3O2/c1-28-19-10-16-18(11-20(19)29-12-13-5-3-2-4-6-13)26-22(25)27-21(16)15-8-7-14(23)9-17(15)24;1-22-13-5-9-11(6-12(13)21)19-15(18)20-14(9)8-3-2-7(16)4-10(8)17/h2-11H,12H2,1H3,(H2,25,26,27);2-6,21H,1H3,(H2,18,19,20). The molecule has 0 fully saturated rings. The molecule has 0 aliphatic heterocycles. The number of anilines is 2. The molecule has 2 heterocycles. The number of nitrogen functional groups attached to an aromatic ring is 2. The second-order valence-corrected chi connectivity index (χ2v) is 12.8. The van der Waals surface area contributed by atoms with Crippen LogP contribution in [-0.2, 0) is 6.61 Å². The first-order chi connectivity index (χ1) is 24.5. The Balaban J connectivity index is 0.000000183. The van der Waals surface area contributed by atoms with Gasteiger partial charge in [0, 0.05) is 43.0 Å². The smallest absolute Gasteiger partial charge is 0.221 e. The first kappa shape index (κ1) is 35.2. The summed E-state index contributed by atoms with van der Waals surface area (Å²) in [7, 11) is 2.98. The van der Waals surface area contributed by atoms with E-state index >= 15 is 0 Å². The van der Waals surface area contributed by atoms with Crippen molar-refractivity contribution in [2.75, 3.05) is 25.7 Å². The quantitative estimate of drug-likeness (QED) is 0.142. The van der Waals surface area contributed by atoms with Gasteiger partial charge >= 0.3 is 0 Å². The Kier molecular flexibility index (Phi) is 10.4. The minimum atomic E-state index is -0.444. The molecular weight excluding hydrogens is 790 g/mol. The number of phenols is 1. The fraction of sp³-hybridized carbons (Fsp3) is 0.0811. The summed E-state index contributed by atoms with van der Waals surface area (Å²) in [6.07, 6.45) is 0. The van der Waals surface area contributed by atoms with Gasteiger partial charge in [-0.2, -0.15) is 0 Å². The first-order valence-electron chi connectivity index (χ1n) is 15.1. The van der Waals surface area contributed by atoms with Crippen LogP contribution in [0.3, 0.4) is 0 Å². The molecule has 0 aliphatic rings. The number of nitrogens with zero attached hydrogens (tertiary/aromatic N) is 4. The highest BCUT2D eigenvalue weighted by Crippen LogP contribution is 2.38. The fourth-order valence-electron chi connectivity index (χ4n) is 5.26. The van der Waals surface area contributed by atoms with Crippen molar-refractivity contribution in [1.29, 1.82) is 0 Å². The monoisotopic (exact) mass is 816 g/mol. The number of rotatable bonds is 7. The van der Waals surface area contributed by atoms with Gasteiger partial charge in [-0.05, 0) is 54.1 Å². The number of hydrogen-bond acceptors (Lipinski definition) is 10. The molecule has 14 heteroatoms. The van der Waals surface area contributed by atoms with Crippen LogP contribution in [0.1, 0.15) is 5.56 Å². The van der Waals surface area contributed by atoms with Crippen LogP contribution in [0.4, 0.5) is 20.7 Å². The number of ether oxygens (including phenoxy) is 3. The Morgan fingerprint density at radius 1 is 0.627 bits per heavy atom. The van der Waals surface area contributed by atoms with Gasteiger partial charge in [0.15, 0.2) is 23.0 Å². The van der Waals surface area contributed by atoms with Gasteiger partial charge in [-0.25, -0.2) is 28.7 Å². The molecule has 258 valence electrons. The maximum absolute atomic E-state index is 14.6. The second kappa shape index (κ2) is 15.1. The van der Waals surface area contributed by atoms with Crippen LogP contribution < -0.4 is 25.7 Å². The van der Waals surface area contributed by atoms with E-state index in [0.29, 0.717) is 65.8 Å². The highest BCUT2D eigenvalue weighted by Gasteiger charge is 2.18. The van der Waals surface area contributed by atoms with E-state index in [1.54, 1.807) is 49.6 Å². The number of aromatic hydroxyl groups is 1. The van der Waals surface area contributed by atoms with Crippen LogP contribution in [0, 0.1) is 11.6 Å². The molecule has 0 bridgehead atoms. The molecule has 0 aliphatic carbocycles. The van der Waals surface area contributed by atoms with Crippen LogP contribution >= 0.6 is 31.9 Å². The number of hydrogen-bond donors (Lipinski definition) is 3. The van der Waals surface area contributed by atoms with Gasteiger partial charge < -0.3 is 30.8 Å². The molecule has 5 aromatic carbocycles. The van der Waals surface area contributed by atoms with E-state index in [4.69, 9.17) is 25.7 Å². The Morgan fingerprint density at radius 3 is 1.65 bits per heavy atom. The van der Waals surface area contributed by atoms with E-state index in [1.165, 1.54) is 25.3 Å². The van der Waals surface area contributed by atoms with Crippen LogP contribution in [0.15, 0.2) is 99.9 Å². The lowest BCUT2D eigenvalue weighted by atomic mass is 10.1. The number of benzene rings is 5. The minimum absolute atomic E-state index is 0.00520. The van der Waals surface area contributed by atoms with Crippen molar-refractivity contribution in [2.24, 2.45) is 0 Å². The normalized spacial score (nSPS) is 10.9. The molecule has 0 saturated heterocycles. The summed E-state index contributed by atoms with van der Waals surface area (Å²) in [6.45, 7) is 0.372. The molecule has 0 amide bonds. The molecule has 10 nitrogen and oxygen atoms in total. The molecule has 2 aromatic heterocycles. The Labute approximate surface area is 307 Å². The van der Waals surface area contributed by atoms with Crippen molar-refractivity contribution >= 4 is 65.6 Å². The highest BCUT2D eigenvalue weighted by molar-refractivity contribution is 9.10. The second-order valence-electron chi connectivity index (χ2n) is 10.9. The average Bonchev–Trinajstić information content (AvgIpc) is 3.10. The summed E-state index contributed by atoms with van der Waals surface area (Å²) < 4.78 is 46.6. The number of nitrogens with two attached hydrogens (primary N) is 2. The van der Waals surface area contributed by atoms with Crippen molar-refractivity contribution in [3.05, 3.63) is 117 Å². The zero-order chi connectivity index (χ0) is 36.2. The third-order valence-electron chi connectivity index (χ3n) is 7.62. The Bertz CT molecular complexity index is 2400. The zero-order valence-electron chi connectivity index (χ0n) is 27.0. The molecule has 0 spiro atoms. The minimum Gasteiger partial charge on any atom is -0.504 e. The molecule has 7 rings (SSSR count). The van der Waals surface area contributed by atoms with Gasteiger partial charge in [0.2, 0.25) is 11.9 Å². The predicted octanol–water partition coefficient (Wildman–Crippen LogP) is 8.86. The van der Waals surface area contributed by atoms with Crippen molar-refractivity contribution in [1.82, 2.24) is 19.9 Å². The number of methoxy groups -OCH3 is 2. The molecular formula is C37H28Br2F2N6O4. The lowest BCUT2D eigenvalue weighted by molar-refractivity contribution is 0.285. The van der Waals surface area contributed by atoms with Crippen molar-refractivity contribution in [2.45, 2.75) is 6.61 Å². The summed E-state index contributed by atoms with van der Waals surface area (Å²) in [6, 6.07) is 25.7. The van der Waals surface area contributed by atoms with Gasteiger partial charge in [-0.1, -0.05) is 62.2 Å². The fourth-order valence-corrected chi connectivity index (χ4v) is 5.93. The molecule has 0 unspecified atom stereocenters. The van der Waals surface area contributed by atoms with E-state index in [-0.39, 0.29) is 29.0 Å². The number of fused-ring (bicyclic) bond motifs is 2. The van der Waals surface area contributed by atoms with Gasteiger partial charge in [0.05, 0.1) is 36.6 Å². The largest absolute Gasteiger partial charge is 0.504 e. The SMILES string of the molecule is COc1cc2c(-c3ccc(Br)cc3F)nc(N)nc2cc1O.COc1cc2c(-c3ccc(Br)cc3F)nc(N)nc2cc1OCc1ccccc1. The van der Waals surface area contributed by atoms with Crippen LogP contribution in [0.25, 0.3) is 44.3 Å².